The Morgan fingerprint density at radius 2 is 2.06 bits per heavy atom. The maximum Gasteiger partial charge on any atom is 0.0991 e. The van der Waals surface area contributed by atoms with E-state index in [1.54, 1.807) is 0 Å². The molecular weight excluding hydrogens is 196 g/mol. The predicted molar refractivity (Wildman–Crippen MR) is 64.9 cm³/mol. The molecule has 0 radical (unpaired) electrons. The Labute approximate surface area is 97.1 Å². The third-order valence-corrected chi connectivity index (χ3v) is 4.34. The van der Waals surface area contributed by atoms with Crippen LogP contribution in [0.2, 0.25) is 0 Å². The minimum absolute atomic E-state index is 0.230. The molecule has 2 heteroatoms. The van der Waals surface area contributed by atoms with E-state index < -0.39 is 0 Å². The van der Waals surface area contributed by atoms with Gasteiger partial charge in [0.2, 0.25) is 0 Å². The summed E-state index contributed by atoms with van der Waals surface area (Å²) < 4.78 is 0. The van der Waals surface area contributed by atoms with Crippen LogP contribution in [-0.2, 0) is 0 Å². The molecule has 1 aliphatic carbocycles. The zero-order valence-corrected chi connectivity index (χ0v) is 9.90. The quantitative estimate of drug-likeness (QED) is 0.823. The van der Waals surface area contributed by atoms with Crippen molar-refractivity contribution in [3.8, 4) is 6.07 Å². The number of hydrogen-bond donors (Lipinski definition) is 1. The lowest BCUT2D eigenvalue weighted by Crippen LogP contribution is -2.54. The lowest BCUT2D eigenvalue weighted by molar-refractivity contribution is 0.0706. The van der Waals surface area contributed by atoms with Gasteiger partial charge in [0.15, 0.2) is 0 Å². The molecule has 16 heavy (non-hydrogen) atoms. The van der Waals surface area contributed by atoms with Gasteiger partial charge in [-0.2, -0.15) is 5.26 Å². The molecule has 0 bridgehead atoms. The first-order chi connectivity index (χ1) is 7.61. The van der Waals surface area contributed by atoms with Gasteiger partial charge in [0.25, 0.3) is 0 Å². The van der Waals surface area contributed by atoms with Crippen LogP contribution in [0.25, 0.3) is 0 Å². The highest BCUT2D eigenvalue weighted by Gasteiger charge is 2.48. The van der Waals surface area contributed by atoms with Gasteiger partial charge in [0.05, 0.1) is 11.6 Å². The molecule has 1 aromatic rings. The first kappa shape index (κ1) is 11.2. The Hall–Kier alpha value is -1.33. The van der Waals surface area contributed by atoms with Crippen LogP contribution in [0.15, 0.2) is 24.3 Å². The van der Waals surface area contributed by atoms with Crippen LogP contribution < -0.4 is 5.73 Å². The molecule has 1 aliphatic rings. The summed E-state index contributed by atoms with van der Waals surface area (Å²) in [6.07, 6.45) is 2.18. The van der Waals surface area contributed by atoms with Crippen LogP contribution in [0.4, 0.5) is 0 Å². The fraction of sp³-hybridized carbons (Fsp3) is 0.500. The highest BCUT2D eigenvalue weighted by molar-refractivity contribution is 5.35. The summed E-state index contributed by atoms with van der Waals surface area (Å²) in [5.74, 6) is 0.556. The second-order valence-corrected chi connectivity index (χ2v) is 4.99. The van der Waals surface area contributed by atoms with Gasteiger partial charge < -0.3 is 5.73 Å². The smallest absolute Gasteiger partial charge is 0.0991 e. The number of benzene rings is 1. The number of rotatable bonds is 2. The molecule has 0 spiro atoms. The highest BCUT2D eigenvalue weighted by Crippen LogP contribution is 2.53. The predicted octanol–water partition coefficient (Wildman–Crippen LogP) is 2.79. The number of nitrogens with two attached hydrogens (primary N) is 1. The molecule has 3 atom stereocenters. The summed E-state index contributed by atoms with van der Waals surface area (Å²) in [6.45, 7) is 4.47. The third kappa shape index (κ3) is 1.52. The molecule has 0 amide bonds. The maximum absolute atomic E-state index is 8.76. The van der Waals surface area contributed by atoms with Gasteiger partial charge in [-0.15, -0.1) is 0 Å². The van der Waals surface area contributed by atoms with Gasteiger partial charge in [-0.25, -0.2) is 0 Å². The molecule has 0 heterocycles. The number of hydrogen-bond acceptors (Lipinski definition) is 2. The van der Waals surface area contributed by atoms with E-state index in [1.165, 1.54) is 5.56 Å². The summed E-state index contributed by atoms with van der Waals surface area (Å²) >= 11 is 0. The Morgan fingerprint density at radius 3 is 2.50 bits per heavy atom. The van der Waals surface area contributed by atoms with Crippen molar-refractivity contribution in [1.29, 1.82) is 5.26 Å². The summed E-state index contributed by atoms with van der Waals surface area (Å²) in [5.41, 5.74) is 8.38. The first-order valence-electron chi connectivity index (χ1n) is 5.87. The van der Waals surface area contributed by atoms with Gasteiger partial charge in [0.1, 0.15) is 0 Å². The molecule has 0 aliphatic heterocycles. The average molecular weight is 214 g/mol. The van der Waals surface area contributed by atoms with Gasteiger partial charge in [0, 0.05) is 6.04 Å². The van der Waals surface area contributed by atoms with Gasteiger partial charge >= 0.3 is 0 Å². The lowest BCUT2D eigenvalue weighted by Gasteiger charge is -2.53. The van der Waals surface area contributed by atoms with E-state index in [0.29, 0.717) is 12.0 Å². The molecular formula is C14H18N2. The van der Waals surface area contributed by atoms with Crippen molar-refractivity contribution in [1.82, 2.24) is 0 Å². The monoisotopic (exact) mass is 214 g/mol. The van der Waals surface area contributed by atoms with Gasteiger partial charge in [-0.05, 0) is 41.9 Å². The Morgan fingerprint density at radius 1 is 1.44 bits per heavy atom. The fourth-order valence-electron chi connectivity index (χ4n) is 2.71. The molecule has 2 rings (SSSR count). The second kappa shape index (κ2) is 3.92. The topological polar surface area (TPSA) is 49.8 Å². The maximum atomic E-state index is 8.76. The Kier molecular flexibility index (Phi) is 2.73. The fourth-order valence-corrected chi connectivity index (χ4v) is 2.71. The van der Waals surface area contributed by atoms with Crippen LogP contribution in [0.5, 0.6) is 0 Å². The second-order valence-electron chi connectivity index (χ2n) is 4.99. The van der Waals surface area contributed by atoms with Crippen LogP contribution >= 0.6 is 0 Å². The van der Waals surface area contributed by atoms with Crippen molar-refractivity contribution >= 4 is 0 Å². The minimum atomic E-state index is 0.230. The van der Waals surface area contributed by atoms with E-state index in [9.17, 15) is 0 Å². The van der Waals surface area contributed by atoms with Crippen molar-refractivity contribution in [2.24, 2.45) is 11.1 Å². The van der Waals surface area contributed by atoms with Crippen LogP contribution in [0, 0.1) is 16.7 Å². The largest absolute Gasteiger partial charge is 0.327 e. The summed E-state index contributed by atoms with van der Waals surface area (Å²) in [7, 11) is 0. The molecule has 1 saturated carbocycles. The van der Waals surface area contributed by atoms with Gasteiger partial charge in [-0.3, -0.25) is 0 Å². The normalized spacial score (nSPS) is 32.9. The average Bonchev–Trinajstić information content (AvgIpc) is 2.35. The lowest BCUT2D eigenvalue weighted by atomic mass is 9.54. The van der Waals surface area contributed by atoms with E-state index in [2.05, 4.69) is 32.0 Å². The van der Waals surface area contributed by atoms with Crippen LogP contribution in [-0.4, -0.2) is 6.04 Å². The SMILES string of the molecule is CCC1(C)C(N)CC1c1ccc(C#N)cc1. The molecule has 2 nitrogen and oxygen atoms in total. The Bertz CT molecular complexity index is 415. The third-order valence-electron chi connectivity index (χ3n) is 4.34. The molecule has 3 unspecified atom stereocenters. The highest BCUT2D eigenvalue weighted by atomic mass is 14.8. The van der Waals surface area contributed by atoms with Crippen molar-refractivity contribution in [3.05, 3.63) is 35.4 Å². The standard InChI is InChI=1S/C14H18N2/c1-3-14(2)12(8-13(14)16)11-6-4-10(9-15)5-7-11/h4-7,12-13H,3,8,16H2,1-2H3. The van der Waals surface area contributed by atoms with E-state index >= 15 is 0 Å². The van der Waals surface area contributed by atoms with Crippen molar-refractivity contribution < 1.29 is 0 Å². The zero-order valence-electron chi connectivity index (χ0n) is 9.90. The Balaban J connectivity index is 2.23. The molecule has 1 aromatic carbocycles. The summed E-state index contributed by atoms with van der Waals surface area (Å²) in [5, 5.41) is 8.76. The van der Waals surface area contributed by atoms with Crippen LogP contribution in [0.1, 0.15) is 43.7 Å². The first-order valence-corrected chi connectivity index (χ1v) is 5.87. The van der Waals surface area contributed by atoms with Crippen LogP contribution in [0.3, 0.4) is 0 Å². The summed E-state index contributed by atoms with van der Waals surface area (Å²) in [4.78, 5) is 0. The minimum Gasteiger partial charge on any atom is -0.327 e. The molecule has 2 N–H and O–H groups in total. The van der Waals surface area contributed by atoms with Gasteiger partial charge in [-0.1, -0.05) is 26.0 Å². The van der Waals surface area contributed by atoms with E-state index in [1.807, 2.05) is 12.1 Å². The molecule has 84 valence electrons. The van der Waals surface area contributed by atoms with Crippen molar-refractivity contribution in [2.45, 2.75) is 38.6 Å². The van der Waals surface area contributed by atoms with E-state index in [-0.39, 0.29) is 5.41 Å². The van der Waals surface area contributed by atoms with E-state index in [4.69, 9.17) is 11.0 Å². The van der Waals surface area contributed by atoms with Crippen molar-refractivity contribution in [3.63, 3.8) is 0 Å². The summed E-state index contributed by atoms with van der Waals surface area (Å²) in [6, 6.07) is 10.4. The molecule has 0 aromatic heterocycles. The molecule has 0 saturated heterocycles. The van der Waals surface area contributed by atoms with Crippen molar-refractivity contribution in [2.75, 3.05) is 0 Å². The van der Waals surface area contributed by atoms with E-state index in [0.717, 1.165) is 18.4 Å². The number of nitriles is 1. The molecule has 1 fully saturated rings. The zero-order chi connectivity index (χ0) is 11.8. The number of nitrogens with zero attached hydrogens (tertiary/aromatic N) is 1.